The fourth-order valence-electron chi connectivity index (χ4n) is 1.15. The summed E-state index contributed by atoms with van der Waals surface area (Å²) in [6, 6.07) is 0. The van der Waals surface area contributed by atoms with Crippen LogP contribution in [-0.4, -0.2) is 29.8 Å². The third-order valence-electron chi connectivity index (χ3n) is 2.13. The predicted octanol–water partition coefficient (Wildman–Crippen LogP) is 1.27. The summed E-state index contributed by atoms with van der Waals surface area (Å²) in [7, 11) is 2.12. The molecule has 10 heavy (non-hydrogen) atoms. The molecule has 0 spiro atoms. The molecule has 1 rings (SSSR count). The zero-order valence-electron chi connectivity index (χ0n) is 6.65. The van der Waals surface area contributed by atoms with Crippen LogP contribution in [0.1, 0.15) is 13.3 Å². The molecule has 0 radical (unpaired) electrons. The first-order valence-electron chi connectivity index (χ1n) is 3.70. The monoisotopic (exact) mass is 254 g/mol. The lowest BCUT2D eigenvalue weighted by Gasteiger charge is -2.39. The average Bonchev–Trinajstić information content (AvgIpc) is 1.79. The Kier molecular flexibility index (Phi) is 2.94. The Balaban J connectivity index is 2.12. The van der Waals surface area contributed by atoms with E-state index in [9.17, 15) is 0 Å². The maximum atomic E-state index is 3.30. The van der Waals surface area contributed by atoms with E-state index in [0.717, 1.165) is 0 Å². The Bertz CT molecular complexity index is 110. The second-order valence-electron chi connectivity index (χ2n) is 3.49. The first-order chi connectivity index (χ1) is 4.62. The Morgan fingerprint density at radius 3 is 2.50 bits per heavy atom. The highest BCUT2D eigenvalue weighted by Gasteiger charge is 2.30. The number of nitrogens with zero attached hydrogens (tertiary/aromatic N) is 1. The van der Waals surface area contributed by atoms with Gasteiger partial charge in [0.25, 0.3) is 0 Å². The zero-order valence-corrected chi connectivity index (χ0v) is 8.81. The Hall–Kier alpha value is 0.650. The van der Waals surface area contributed by atoms with Gasteiger partial charge in [0.2, 0.25) is 0 Å². The number of hydrogen-bond acceptors (Lipinski definition) is 2. The predicted molar refractivity (Wildman–Crippen MR) is 52.2 cm³/mol. The van der Waals surface area contributed by atoms with Gasteiger partial charge in [-0.1, -0.05) is 6.92 Å². The van der Waals surface area contributed by atoms with E-state index in [1.807, 2.05) is 0 Å². The Morgan fingerprint density at radius 1 is 1.60 bits per heavy atom. The molecule has 1 aliphatic heterocycles. The summed E-state index contributed by atoms with van der Waals surface area (Å²) in [5.41, 5.74) is 0.597. The molecule has 0 atom stereocenters. The van der Waals surface area contributed by atoms with Gasteiger partial charge in [0.05, 0.1) is 0 Å². The van der Waals surface area contributed by atoms with Crippen LogP contribution >= 0.6 is 22.9 Å². The summed E-state index contributed by atoms with van der Waals surface area (Å²) in [6.07, 6.45) is 1.32. The van der Waals surface area contributed by atoms with Crippen molar-refractivity contribution < 1.29 is 0 Å². The SMILES string of the molecule is CN(I)CCC1(C)CNC1. The molecule has 60 valence electrons. The van der Waals surface area contributed by atoms with Gasteiger partial charge in [0.15, 0.2) is 0 Å². The molecule has 0 amide bonds. The number of rotatable bonds is 3. The standard InChI is InChI=1S/C7H15IN2/c1-7(5-9-6-7)3-4-10(2)8/h9H,3-6H2,1-2H3. The smallest absolute Gasteiger partial charge is 0.0198 e. The lowest BCUT2D eigenvalue weighted by atomic mass is 9.81. The van der Waals surface area contributed by atoms with Crippen molar-refractivity contribution >= 4 is 22.9 Å². The van der Waals surface area contributed by atoms with Crippen molar-refractivity contribution in [3.05, 3.63) is 0 Å². The first kappa shape index (κ1) is 8.74. The number of hydrogen-bond donors (Lipinski definition) is 1. The molecule has 0 saturated carbocycles. The zero-order chi connectivity index (χ0) is 7.61. The molecule has 0 aromatic heterocycles. The minimum atomic E-state index is 0.597. The molecule has 3 heteroatoms. The van der Waals surface area contributed by atoms with Crippen molar-refractivity contribution in [2.75, 3.05) is 26.7 Å². The molecule has 1 fully saturated rings. The molecule has 0 aliphatic carbocycles. The van der Waals surface area contributed by atoms with Gasteiger partial charge >= 0.3 is 0 Å². The van der Waals surface area contributed by atoms with Gasteiger partial charge < -0.3 is 5.32 Å². The lowest BCUT2D eigenvalue weighted by molar-refractivity contribution is 0.173. The van der Waals surface area contributed by atoms with Crippen LogP contribution in [0.5, 0.6) is 0 Å². The van der Waals surface area contributed by atoms with E-state index in [1.165, 1.54) is 26.1 Å². The van der Waals surface area contributed by atoms with Crippen LogP contribution in [0.3, 0.4) is 0 Å². The van der Waals surface area contributed by atoms with Gasteiger partial charge in [-0.05, 0) is 18.9 Å². The molecular formula is C7H15IN2. The van der Waals surface area contributed by atoms with Crippen LogP contribution in [0.4, 0.5) is 0 Å². The molecule has 1 heterocycles. The van der Waals surface area contributed by atoms with Crippen LogP contribution < -0.4 is 5.32 Å². The Labute approximate surface area is 76.9 Å². The van der Waals surface area contributed by atoms with Gasteiger partial charge in [-0.2, -0.15) is 0 Å². The van der Waals surface area contributed by atoms with Crippen LogP contribution in [0.2, 0.25) is 0 Å². The van der Waals surface area contributed by atoms with E-state index in [1.54, 1.807) is 0 Å². The summed E-state index contributed by atoms with van der Waals surface area (Å²) in [5.74, 6) is 0. The fourth-order valence-corrected chi connectivity index (χ4v) is 1.39. The lowest BCUT2D eigenvalue weighted by Crippen LogP contribution is -2.52. The van der Waals surface area contributed by atoms with Gasteiger partial charge in [-0.15, -0.1) is 0 Å². The molecule has 2 nitrogen and oxygen atoms in total. The second-order valence-corrected chi connectivity index (χ2v) is 5.14. The highest BCUT2D eigenvalue weighted by Crippen LogP contribution is 2.25. The van der Waals surface area contributed by atoms with Gasteiger partial charge in [-0.3, -0.25) is 3.11 Å². The summed E-state index contributed by atoms with van der Waals surface area (Å²) in [6.45, 7) is 5.97. The summed E-state index contributed by atoms with van der Waals surface area (Å²) in [4.78, 5) is 0. The fraction of sp³-hybridized carbons (Fsp3) is 1.00. The molecule has 1 N–H and O–H groups in total. The number of halogens is 1. The van der Waals surface area contributed by atoms with Crippen molar-refractivity contribution in [3.63, 3.8) is 0 Å². The van der Waals surface area contributed by atoms with Crippen molar-refractivity contribution in [2.24, 2.45) is 5.41 Å². The van der Waals surface area contributed by atoms with Crippen LogP contribution in [-0.2, 0) is 0 Å². The maximum Gasteiger partial charge on any atom is 0.0198 e. The molecule has 0 aromatic carbocycles. The van der Waals surface area contributed by atoms with Crippen molar-refractivity contribution in [1.29, 1.82) is 0 Å². The molecule has 0 bridgehead atoms. The molecule has 1 saturated heterocycles. The normalized spacial score (nSPS) is 22.8. The van der Waals surface area contributed by atoms with Crippen molar-refractivity contribution in [1.82, 2.24) is 8.43 Å². The van der Waals surface area contributed by atoms with E-state index in [4.69, 9.17) is 0 Å². The molecule has 1 aliphatic rings. The van der Waals surface area contributed by atoms with Crippen molar-refractivity contribution in [2.45, 2.75) is 13.3 Å². The van der Waals surface area contributed by atoms with E-state index in [0.29, 0.717) is 5.41 Å². The van der Waals surface area contributed by atoms with Crippen LogP contribution in [0, 0.1) is 5.41 Å². The van der Waals surface area contributed by atoms with Crippen LogP contribution in [0.25, 0.3) is 0 Å². The number of nitrogens with one attached hydrogen (secondary N) is 1. The molecular weight excluding hydrogens is 239 g/mol. The minimum Gasteiger partial charge on any atom is -0.316 e. The van der Waals surface area contributed by atoms with E-state index in [-0.39, 0.29) is 0 Å². The maximum absolute atomic E-state index is 3.30. The third-order valence-corrected chi connectivity index (χ3v) is 2.61. The summed E-state index contributed by atoms with van der Waals surface area (Å²) >= 11 is 2.34. The molecule has 0 aromatic rings. The minimum absolute atomic E-state index is 0.597. The van der Waals surface area contributed by atoms with Crippen molar-refractivity contribution in [3.8, 4) is 0 Å². The molecule has 0 unspecified atom stereocenters. The Morgan fingerprint density at radius 2 is 2.20 bits per heavy atom. The summed E-state index contributed by atoms with van der Waals surface area (Å²) < 4.78 is 2.22. The van der Waals surface area contributed by atoms with Gasteiger partial charge in [0.1, 0.15) is 0 Å². The van der Waals surface area contributed by atoms with Crippen LogP contribution in [0.15, 0.2) is 0 Å². The topological polar surface area (TPSA) is 15.3 Å². The highest BCUT2D eigenvalue weighted by atomic mass is 127. The van der Waals surface area contributed by atoms with Gasteiger partial charge in [-0.25, -0.2) is 0 Å². The van der Waals surface area contributed by atoms with E-state index in [2.05, 4.69) is 45.3 Å². The van der Waals surface area contributed by atoms with E-state index >= 15 is 0 Å². The summed E-state index contributed by atoms with van der Waals surface area (Å²) in [5, 5.41) is 3.30. The highest BCUT2D eigenvalue weighted by molar-refractivity contribution is 14.1. The average molecular weight is 254 g/mol. The second kappa shape index (κ2) is 3.36. The van der Waals surface area contributed by atoms with E-state index < -0.39 is 0 Å². The third kappa shape index (κ3) is 2.36. The first-order valence-corrected chi connectivity index (χ1v) is 4.67. The largest absolute Gasteiger partial charge is 0.316 e. The van der Waals surface area contributed by atoms with Gasteiger partial charge in [0, 0.05) is 42.5 Å². The quantitative estimate of drug-likeness (QED) is 0.602.